The van der Waals surface area contributed by atoms with Crippen LogP contribution in [0.25, 0.3) is 0 Å². The summed E-state index contributed by atoms with van der Waals surface area (Å²) in [6.07, 6.45) is 1.43. The van der Waals surface area contributed by atoms with Crippen molar-refractivity contribution in [2.75, 3.05) is 6.61 Å². The number of halogens is 2. The molecule has 0 aliphatic rings. The maximum Gasteiger partial charge on any atom is 0.343 e. The van der Waals surface area contributed by atoms with Gasteiger partial charge in [-0.05, 0) is 52.3 Å². The van der Waals surface area contributed by atoms with Gasteiger partial charge in [0.1, 0.15) is 17.2 Å². The first-order chi connectivity index (χ1) is 13.2. The molecule has 0 fully saturated rings. The molecule has 0 aliphatic heterocycles. The lowest BCUT2D eigenvalue weighted by Gasteiger charge is -2.25. The first kappa shape index (κ1) is 21.5. The molecule has 2 rings (SSSR count). The van der Waals surface area contributed by atoms with Crippen LogP contribution in [0.1, 0.15) is 50.5 Å². The summed E-state index contributed by atoms with van der Waals surface area (Å²) in [7, 11) is 0. The summed E-state index contributed by atoms with van der Waals surface area (Å²) >= 11 is 0. The minimum Gasteiger partial charge on any atom is -0.462 e. The molecule has 0 atom stereocenters. The number of carbonyl (C=O) groups is 1. The maximum atomic E-state index is 13.4. The van der Waals surface area contributed by atoms with E-state index in [1.807, 2.05) is 27.7 Å². The highest BCUT2D eigenvalue weighted by Gasteiger charge is 2.19. The number of carbonyl (C=O) groups excluding carboxylic acids is 1. The number of hydrogen-bond donors (Lipinski definition) is 0. The van der Waals surface area contributed by atoms with Gasteiger partial charge in [-0.1, -0.05) is 5.22 Å². The van der Waals surface area contributed by atoms with E-state index in [2.05, 4.69) is 15.4 Å². The number of benzene rings is 1. The zero-order valence-electron chi connectivity index (χ0n) is 16.7. The minimum absolute atomic E-state index is 0.0642. The van der Waals surface area contributed by atoms with Gasteiger partial charge >= 0.3 is 5.97 Å². The predicted octanol–water partition coefficient (Wildman–Crippen LogP) is 4.50. The Morgan fingerprint density at radius 3 is 2.32 bits per heavy atom. The Balaban J connectivity index is 2.36. The summed E-state index contributed by atoms with van der Waals surface area (Å²) in [5.74, 6) is -1.87. The number of hydrogen-bond acceptors (Lipinski definition) is 5. The Hall–Kier alpha value is -2.84. The number of aromatic nitrogens is 2. The molecule has 2 aromatic rings. The molecule has 7 nitrogen and oxygen atoms in total. The highest BCUT2D eigenvalue weighted by molar-refractivity contribution is 5.93. The predicted molar refractivity (Wildman–Crippen MR) is 100 cm³/mol. The fourth-order valence-electron chi connectivity index (χ4n) is 2.70. The molecular weight excluding hydrogens is 368 g/mol. The highest BCUT2D eigenvalue weighted by atomic mass is 19.1. The van der Waals surface area contributed by atoms with Crippen LogP contribution >= 0.6 is 0 Å². The van der Waals surface area contributed by atoms with Crippen molar-refractivity contribution in [2.24, 2.45) is 10.3 Å². The summed E-state index contributed by atoms with van der Waals surface area (Å²) in [5, 5.41) is 14.3. The fraction of sp³-hybridized carbons (Fsp3) is 0.474. The largest absolute Gasteiger partial charge is 0.462 e. The first-order valence-electron chi connectivity index (χ1n) is 9.10. The first-order valence-corrected chi connectivity index (χ1v) is 9.10. The van der Waals surface area contributed by atoms with E-state index >= 15 is 0 Å². The molecule has 0 aliphatic carbocycles. The van der Waals surface area contributed by atoms with Gasteiger partial charge in [-0.15, -0.1) is 10.2 Å². The van der Waals surface area contributed by atoms with Crippen molar-refractivity contribution >= 4 is 11.8 Å². The second-order valence-electron chi connectivity index (χ2n) is 6.82. The van der Waals surface area contributed by atoms with Crippen LogP contribution in [-0.2, 0) is 11.3 Å². The van der Waals surface area contributed by atoms with E-state index in [9.17, 15) is 13.6 Å². The van der Waals surface area contributed by atoms with Crippen LogP contribution in [-0.4, -0.2) is 39.4 Å². The van der Waals surface area contributed by atoms with Crippen LogP contribution in [0, 0.1) is 11.6 Å². The molecule has 0 saturated heterocycles. The SMILES string of the molecule is CCOC(=O)c1cn(Cc2cc(F)cc(F)c2)nc1N=NN(C(C)C)C(C)C. The smallest absolute Gasteiger partial charge is 0.343 e. The van der Waals surface area contributed by atoms with Crippen molar-refractivity contribution in [3.8, 4) is 0 Å². The van der Waals surface area contributed by atoms with Crippen LogP contribution in [0.15, 0.2) is 34.7 Å². The molecule has 0 amide bonds. The van der Waals surface area contributed by atoms with Gasteiger partial charge in [0, 0.05) is 24.3 Å². The van der Waals surface area contributed by atoms with Crippen LogP contribution in [0.4, 0.5) is 14.6 Å². The molecule has 0 spiro atoms. The lowest BCUT2D eigenvalue weighted by molar-refractivity contribution is 0.0527. The summed E-state index contributed by atoms with van der Waals surface area (Å²) in [5.41, 5.74) is 0.500. The van der Waals surface area contributed by atoms with Crippen LogP contribution in [0.2, 0.25) is 0 Å². The Labute approximate surface area is 163 Å². The summed E-state index contributed by atoms with van der Waals surface area (Å²) < 4.78 is 33.3. The monoisotopic (exact) mass is 393 g/mol. The Morgan fingerprint density at radius 1 is 1.18 bits per heavy atom. The van der Waals surface area contributed by atoms with Gasteiger partial charge in [0.2, 0.25) is 5.82 Å². The Bertz CT molecular complexity index is 821. The maximum absolute atomic E-state index is 13.4. The van der Waals surface area contributed by atoms with Gasteiger partial charge in [-0.3, -0.25) is 9.69 Å². The van der Waals surface area contributed by atoms with Gasteiger partial charge in [0.15, 0.2) is 0 Å². The van der Waals surface area contributed by atoms with Gasteiger partial charge in [0.05, 0.1) is 13.2 Å². The van der Waals surface area contributed by atoms with Crippen LogP contribution in [0.5, 0.6) is 0 Å². The van der Waals surface area contributed by atoms with Crippen molar-refractivity contribution in [3.05, 3.63) is 47.2 Å². The molecule has 1 heterocycles. The molecule has 0 bridgehead atoms. The molecule has 28 heavy (non-hydrogen) atoms. The van der Waals surface area contributed by atoms with Crippen LogP contribution < -0.4 is 0 Å². The minimum atomic E-state index is -0.683. The average molecular weight is 393 g/mol. The normalized spacial score (nSPS) is 11.6. The lowest BCUT2D eigenvalue weighted by Crippen LogP contribution is -2.31. The number of rotatable bonds is 8. The van der Waals surface area contributed by atoms with E-state index in [0.29, 0.717) is 5.56 Å². The van der Waals surface area contributed by atoms with Gasteiger partial charge in [0.25, 0.3) is 0 Å². The van der Waals surface area contributed by atoms with E-state index in [1.54, 1.807) is 11.9 Å². The molecule has 0 radical (unpaired) electrons. The number of esters is 1. The Morgan fingerprint density at radius 2 is 1.79 bits per heavy atom. The van der Waals surface area contributed by atoms with Crippen molar-refractivity contribution in [3.63, 3.8) is 0 Å². The Kier molecular flexibility index (Phi) is 7.19. The van der Waals surface area contributed by atoms with Crippen molar-refractivity contribution in [1.82, 2.24) is 14.8 Å². The zero-order chi connectivity index (χ0) is 20.8. The molecule has 0 N–H and O–H groups in total. The third kappa shape index (κ3) is 5.58. The van der Waals surface area contributed by atoms with Gasteiger partial charge in [-0.25, -0.2) is 13.6 Å². The zero-order valence-corrected chi connectivity index (χ0v) is 16.7. The van der Waals surface area contributed by atoms with E-state index in [4.69, 9.17) is 4.74 Å². The van der Waals surface area contributed by atoms with Gasteiger partial charge in [-0.2, -0.15) is 0 Å². The fourth-order valence-corrected chi connectivity index (χ4v) is 2.70. The van der Waals surface area contributed by atoms with Crippen molar-refractivity contribution in [1.29, 1.82) is 0 Å². The topological polar surface area (TPSA) is 72.1 Å². The van der Waals surface area contributed by atoms with Crippen molar-refractivity contribution < 1.29 is 18.3 Å². The molecule has 152 valence electrons. The number of ether oxygens (including phenoxy) is 1. The molecule has 0 unspecified atom stereocenters. The van der Waals surface area contributed by atoms with E-state index < -0.39 is 17.6 Å². The molecular formula is C19H25F2N5O2. The third-order valence-corrected chi connectivity index (χ3v) is 3.81. The second kappa shape index (κ2) is 9.38. The van der Waals surface area contributed by atoms with E-state index in [1.165, 1.54) is 23.0 Å². The molecule has 9 heteroatoms. The van der Waals surface area contributed by atoms with Crippen LogP contribution in [0.3, 0.4) is 0 Å². The van der Waals surface area contributed by atoms with Gasteiger partial charge < -0.3 is 4.74 Å². The standard InChI is InChI=1S/C19H25F2N5O2/c1-6-28-19(27)17-11-25(10-14-7-15(20)9-16(21)8-14)23-18(17)22-24-26(12(2)3)13(4)5/h7-9,11-13H,6,10H2,1-5H3. The summed E-state index contributed by atoms with van der Waals surface area (Å²) in [6, 6.07) is 3.41. The quantitative estimate of drug-likeness (QED) is 0.376. The highest BCUT2D eigenvalue weighted by Crippen LogP contribution is 2.21. The number of nitrogens with zero attached hydrogens (tertiary/aromatic N) is 5. The lowest BCUT2D eigenvalue weighted by atomic mass is 10.2. The van der Waals surface area contributed by atoms with E-state index in [0.717, 1.165) is 6.07 Å². The second-order valence-corrected chi connectivity index (χ2v) is 6.82. The molecule has 1 aromatic heterocycles. The summed E-state index contributed by atoms with van der Waals surface area (Å²) in [6.45, 7) is 9.85. The van der Waals surface area contributed by atoms with Crippen molar-refractivity contribution in [2.45, 2.75) is 53.2 Å². The average Bonchev–Trinajstić information content (AvgIpc) is 2.96. The molecule has 0 saturated carbocycles. The third-order valence-electron chi connectivity index (χ3n) is 3.81. The van der Waals surface area contributed by atoms with E-state index in [-0.39, 0.29) is 36.6 Å². The summed E-state index contributed by atoms with van der Waals surface area (Å²) in [4.78, 5) is 12.2. The molecule has 1 aromatic carbocycles.